The van der Waals surface area contributed by atoms with Crippen LogP contribution in [0.4, 0.5) is 0 Å². The molecule has 0 aliphatic carbocycles. The topological polar surface area (TPSA) is 26.3 Å². The van der Waals surface area contributed by atoms with Crippen LogP contribution in [0.1, 0.15) is 17.5 Å². The zero-order valence-electron chi connectivity index (χ0n) is 8.49. The summed E-state index contributed by atoms with van der Waals surface area (Å²) in [6, 6.07) is 8.11. The van der Waals surface area contributed by atoms with E-state index in [4.69, 9.17) is 0 Å². The zero-order chi connectivity index (χ0) is 10.4. The minimum atomic E-state index is -0.214. The number of methoxy groups -OCH3 is 1. The average Bonchev–Trinajstić information content (AvgIpc) is 2.21. The fourth-order valence-electron chi connectivity index (χ4n) is 1.05. The Balaban J connectivity index is 2.52. The summed E-state index contributed by atoms with van der Waals surface area (Å²) < 4.78 is 4.52. The quantitative estimate of drug-likeness (QED) is 0.685. The van der Waals surface area contributed by atoms with Gasteiger partial charge in [-0.2, -0.15) is 0 Å². The van der Waals surface area contributed by atoms with Crippen molar-refractivity contribution in [1.29, 1.82) is 0 Å². The van der Waals surface area contributed by atoms with Gasteiger partial charge in [0.25, 0.3) is 0 Å². The summed E-state index contributed by atoms with van der Waals surface area (Å²) in [4.78, 5) is 10.8. The summed E-state index contributed by atoms with van der Waals surface area (Å²) in [5, 5.41) is 0. The van der Waals surface area contributed by atoms with E-state index in [2.05, 4.69) is 4.74 Å². The second-order valence-corrected chi connectivity index (χ2v) is 3.09. The second kappa shape index (κ2) is 5.22. The third-order valence-electron chi connectivity index (χ3n) is 1.90. The molecule has 74 valence electrons. The first-order chi connectivity index (χ1) is 6.72. The molecule has 0 N–H and O–H groups in total. The van der Waals surface area contributed by atoms with Crippen molar-refractivity contribution in [3.8, 4) is 0 Å². The van der Waals surface area contributed by atoms with Gasteiger partial charge < -0.3 is 4.74 Å². The second-order valence-electron chi connectivity index (χ2n) is 3.09. The third-order valence-corrected chi connectivity index (χ3v) is 1.90. The highest BCUT2D eigenvalue weighted by molar-refractivity contribution is 5.72. The molecule has 14 heavy (non-hydrogen) atoms. The lowest BCUT2D eigenvalue weighted by molar-refractivity contribution is -0.139. The van der Waals surface area contributed by atoms with Gasteiger partial charge >= 0.3 is 5.97 Å². The summed E-state index contributed by atoms with van der Waals surface area (Å²) >= 11 is 0. The average molecular weight is 190 g/mol. The first kappa shape index (κ1) is 10.5. The Kier molecular flexibility index (Phi) is 3.92. The number of carbonyl (C=O) groups excluding carboxylic acids is 1. The van der Waals surface area contributed by atoms with Crippen molar-refractivity contribution in [3.63, 3.8) is 0 Å². The molecule has 2 heteroatoms. The molecule has 0 aliphatic heterocycles. The standard InChI is InChI=1S/C12H14O2/c1-10-6-8-11(9-7-10)4-3-5-12(13)14-2/h3-4,6-9H,5H2,1-2H3/b4-3+. The molecule has 2 nitrogen and oxygen atoms in total. The molecule has 0 unspecified atom stereocenters. The molecule has 0 heterocycles. The van der Waals surface area contributed by atoms with Crippen molar-refractivity contribution in [2.45, 2.75) is 13.3 Å². The van der Waals surface area contributed by atoms with E-state index in [0.29, 0.717) is 6.42 Å². The minimum Gasteiger partial charge on any atom is -0.469 e. The highest BCUT2D eigenvalue weighted by Gasteiger charge is 1.93. The monoisotopic (exact) mass is 190 g/mol. The van der Waals surface area contributed by atoms with E-state index in [1.54, 1.807) is 6.08 Å². The Morgan fingerprint density at radius 1 is 1.36 bits per heavy atom. The van der Waals surface area contributed by atoms with Gasteiger partial charge in [-0.25, -0.2) is 0 Å². The van der Waals surface area contributed by atoms with E-state index >= 15 is 0 Å². The number of esters is 1. The maximum Gasteiger partial charge on any atom is 0.309 e. The van der Waals surface area contributed by atoms with Gasteiger partial charge in [0, 0.05) is 0 Å². The molecule has 0 radical (unpaired) electrons. The van der Waals surface area contributed by atoms with Gasteiger partial charge in [-0.05, 0) is 12.5 Å². The summed E-state index contributed by atoms with van der Waals surface area (Å²) in [7, 11) is 1.39. The number of aryl methyl sites for hydroxylation is 1. The van der Waals surface area contributed by atoms with Gasteiger partial charge in [-0.1, -0.05) is 42.0 Å². The van der Waals surface area contributed by atoms with Crippen LogP contribution in [-0.4, -0.2) is 13.1 Å². The Bertz CT molecular complexity index is 323. The molecular formula is C12H14O2. The lowest BCUT2D eigenvalue weighted by atomic mass is 10.1. The van der Waals surface area contributed by atoms with E-state index in [1.807, 2.05) is 37.3 Å². The summed E-state index contributed by atoms with van der Waals surface area (Å²) in [6.07, 6.45) is 4.04. The van der Waals surface area contributed by atoms with E-state index < -0.39 is 0 Å². The number of hydrogen-bond acceptors (Lipinski definition) is 2. The molecule has 0 saturated heterocycles. The van der Waals surface area contributed by atoms with Crippen molar-refractivity contribution in [2.24, 2.45) is 0 Å². The van der Waals surface area contributed by atoms with Crippen molar-refractivity contribution in [3.05, 3.63) is 41.5 Å². The number of ether oxygens (including phenoxy) is 1. The van der Waals surface area contributed by atoms with Gasteiger partial charge in [0.2, 0.25) is 0 Å². The molecule has 0 fully saturated rings. The molecule has 0 atom stereocenters. The van der Waals surface area contributed by atoms with E-state index in [9.17, 15) is 4.79 Å². The van der Waals surface area contributed by atoms with Crippen molar-refractivity contribution in [1.82, 2.24) is 0 Å². The first-order valence-corrected chi connectivity index (χ1v) is 4.52. The largest absolute Gasteiger partial charge is 0.469 e. The lowest BCUT2D eigenvalue weighted by Gasteiger charge is -1.95. The van der Waals surface area contributed by atoms with Crippen molar-refractivity contribution >= 4 is 12.0 Å². The number of rotatable bonds is 3. The number of carbonyl (C=O) groups is 1. The predicted octanol–water partition coefficient (Wildman–Crippen LogP) is 2.57. The fourth-order valence-corrected chi connectivity index (χ4v) is 1.05. The smallest absolute Gasteiger partial charge is 0.309 e. The summed E-state index contributed by atoms with van der Waals surface area (Å²) in [5.41, 5.74) is 2.33. The van der Waals surface area contributed by atoms with E-state index in [1.165, 1.54) is 12.7 Å². The SMILES string of the molecule is COC(=O)C/C=C/c1ccc(C)cc1. The number of benzene rings is 1. The fraction of sp³-hybridized carbons (Fsp3) is 0.250. The van der Waals surface area contributed by atoms with Crippen LogP contribution in [-0.2, 0) is 9.53 Å². The predicted molar refractivity (Wildman–Crippen MR) is 56.8 cm³/mol. The molecule has 0 aliphatic rings. The normalized spacial score (nSPS) is 10.4. The number of hydrogen-bond donors (Lipinski definition) is 0. The maximum absolute atomic E-state index is 10.8. The molecule has 0 bridgehead atoms. The highest BCUT2D eigenvalue weighted by Crippen LogP contribution is 2.05. The minimum absolute atomic E-state index is 0.214. The molecule has 0 aromatic heterocycles. The van der Waals surface area contributed by atoms with Crippen LogP contribution in [0, 0.1) is 6.92 Å². The molecular weight excluding hydrogens is 176 g/mol. The van der Waals surface area contributed by atoms with Crippen LogP contribution in [0.15, 0.2) is 30.3 Å². The molecule has 1 rings (SSSR count). The molecule has 0 saturated carbocycles. The maximum atomic E-state index is 10.8. The van der Waals surface area contributed by atoms with Crippen molar-refractivity contribution in [2.75, 3.05) is 7.11 Å². The van der Waals surface area contributed by atoms with Crippen molar-refractivity contribution < 1.29 is 9.53 Å². The third kappa shape index (κ3) is 3.44. The van der Waals surface area contributed by atoms with Crippen LogP contribution in [0.2, 0.25) is 0 Å². The van der Waals surface area contributed by atoms with Crippen LogP contribution in [0.5, 0.6) is 0 Å². The molecule has 1 aromatic carbocycles. The Morgan fingerprint density at radius 3 is 2.57 bits per heavy atom. The van der Waals surface area contributed by atoms with Crippen LogP contribution < -0.4 is 0 Å². The van der Waals surface area contributed by atoms with Crippen LogP contribution in [0.3, 0.4) is 0 Å². The Hall–Kier alpha value is -1.57. The Morgan fingerprint density at radius 2 is 2.00 bits per heavy atom. The lowest BCUT2D eigenvalue weighted by Crippen LogP contribution is -1.96. The van der Waals surface area contributed by atoms with Gasteiger partial charge in [0.1, 0.15) is 0 Å². The highest BCUT2D eigenvalue weighted by atomic mass is 16.5. The van der Waals surface area contributed by atoms with Crippen LogP contribution in [0.25, 0.3) is 6.08 Å². The summed E-state index contributed by atoms with van der Waals surface area (Å²) in [6.45, 7) is 2.04. The van der Waals surface area contributed by atoms with Gasteiger partial charge in [0.05, 0.1) is 13.5 Å². The van der Waals surface area contributed by atoms with Gasteiger partial charge in [-0.15, -0.1) is 0 Å². The van der Waals surface area contributed by atoms with E-state index in [0.717, 1.165) is 5.56 Å². The molecule has 0 amide bonds. The van der Waals surface area contributed by atoms with E-state index in [-0.39, 0.29) is 5.97 Å². The first-order valence-electron chi connectivity index (χ1n) is 4.52. The van der Waals surface area contributed by atoms with Gasteiger partial charge in [-0.3, -0.25) is 4.79 Å². The van der Waals surface area contributed by atoms with Crippen LogP contribution >= 0.6 is 0 Å². The Labute approximate surface area is 84.2 Å². The molecule has 0 spiro atoms. The molecule has 1 aromatic rings. The summed E-state index contributed by atoms with van der Waals surface area (Å²) in [5.74, 6) is -0.214. The zero-order valence-corrected chi connectivity index (χ0v) is 8.49. The van der Waals surface area contributed by atoms with Gasteiger partial charge in [0.15, 0.2) is 0 Å².